The van der Waals surface area contributed by atoms with E-state index in [1.807, 2.05) is 13.1 Å². The first-order valence-corrected chi connectivity index (χ1v) is 6.59. The Morgan fingerprint density at radius 2 is 2.00 bits per heavy atom. The molecule has 0 saturated carbocycles. The van der Waals surface area contributed by atoms with Gasteiger partial charge in [0.1, 0.15) is 0 Å². The van der Waals surface area contributed by atoms with Crippen LogP contribution in [0.1, 0.15) is 30.9 Å². The maximum Gasteiger partial charge on any atom is 0.241 e. The van der Waals surface area contributed by atoms with Gasteiger partial charge in [0.2, 0.25) is 5.91 Å². The molecule has 0 saturated heterocycles. The maximum atomic E-state index is 11.8. The van der Waals surface area contributed by atoms with E-state index in [1.54, 1.807) is 4.90 Å². The van der Waals surface area contributed by atoms with Crippen LogP contribution in [0.3, 0.4) is 0 Å². The number of amides is 1. The number of nitrogens with zero attached hydrogens (tertiary/aromatic N) is 1. The second-order valence-electron chi connectivity index (χ2n) is 4.82. The van der Waals surface area contributed by atoms with Crippen molar-refractivity contribution in [2.45, 2.75) is 33.6 Å². The van der Waals surface area contributed by atoms with Crippen LogP contribution in [0.4, 0.5) is 5.69 Å². The third-order valence-corrected chi connectivity index (χ3v) is 3.22. The van der Waals surface area contributed by atoms with Gasteiger partial charge in [-0.3, -0.25) is 4.79 Å². The summed E-state index contributed by atoms with van der Waals surface area (Å²) in [5.74, 6) is 0.140. The first kappa shape index (κ1) is 14.6. The smallest absolute Gasteiger partial charge is 0.241 e. The van der Waals surface area contributed by atoms with Crippen LogP contribution < -0.4 is 5.32 Å². The average Bonchev–Trinajstić information content (AvgIpc) is 2.36. The summed E-state index contributed by atoms with van der Waals surface area (Å²) >= 11 is 0. The zero-order valence-electron chi connectivity index (χ0n) is 11.9. The molecule has 100 valence electrons. The fourth-order valence-corrected chi connectivity index (χ4v) is 1.68. The Balaban J connectivity index is 2.44. The maximum absolute atomic E-state index is 11.8. The van der Waals surface area contributed by atoms with E-state index >= 15 is 0 Å². The molecule has 1 rings (SSSR count). The third kappa shape index (κ3) is 4.40. The molecule has 0 radical (unpaired) electrons. The van der Waals surface area contributed by atoms with Crippen LogP contribution in [0.15, 0.2) is 18.2 Å². The highest BCUT2D eigenvalue weighted by molar-refractivity contribution is 5.80. The minimum Gasteiger partial charge on any atom is -0.376 e. The van der Waals surface area contributed by atoms with Crippen molar-refractivity contribution in [1.82, 2.24) is 4.90 Å². The SMILES string of the molecule is CCCCN(C)C(=O)CNc1ccc(C)c(C)c1. The molecule has 0 aliphatic carbocycles. The van der Waals surface area contributed by atoms with Gasteiger partial charge in [0.25, 0.3) is 0 Å². The molecule has 0 fully saturated rings. The van der Waals surface area contributed by atoms with E-state index in [9.17, 15) is 4.79 Å². The molecule has 0 atom stereocenters. The lowest BCUT2D eigenvalue weighted by molar-refractivity contribution is -0.128. The Morgan fingerprint density at radius 1 is 1.28 bits per heavy atom. The van der Waals surface area contributed by atoms with Crippen LogP contribution >= 0.6 is 0 Å². The molecule has 1 aromatic carbocycles. The minimum absolute atomic E-state index is 0.140. The lowest BCUT2D eigenvalue weighted by Gasteiger charge is -2.17. The van der Waals surface area contributed by atoms with Crippen molar-refractivity contribution in [3.05, 3.63) is 29.3 Å². The largest absolute Gasteiger partial charge is 0.376 e. The van der Waals surface area contributed by atoms with Crippen molar-refractivity contribution in [3.63, 3.8) is 0 Å². The summed E-state index contributed by atoms with van der Waals surface area (Å²) in [6, 6.07) is 6.17. The standard InChI is InChI=1S/C15H24N2O/c1-5-6-9-17(4)15(18)11-16-14-8-7-12(2)13(3)10-14/h7-8,10,16H,5-6,9,11H2,1-4H3. The van der Waals surface area contributed by atoms with Crippen LogP contribution in [0.25, 0.3) is 0 Å². The second-order valence-corrected chi connectivity index (χ2v) is 4.82. The molecule has 3 nitrogen and oxygen atoms in total. The minimum atomic E-state index is 0.140. The van der Waals surface area contributed by atoms with Crippen molar-refractivity contribution in [2.24, 2.45) is 0 Å². The number of hydrogen-bond acceptors (Lipinski definition) is 2. The predicted octanol–water partition coefficient (Wildman–Crippen LogP) is 2.97. The van der Waals surface area contributed by atoms with E-state index in [-0.39, 0.29) is 5.91 Å². The zero-order valence-corrected chi connectivity index (χ0v) is 11.9. The third-order valence-electron chi connectivity index (χ3n) is 3.22. The zero-order chi connectivity index (χ0) is 13.5. The molecule has 0 spiro atoms. The number of nitrogens with one attached hydrogen (secondary N) is 1. The summed E-state index contributed by atoms with van der Waals surface area (Å²) in [5, 5.41) is 3.18. The summed E-state index contributed by atoms with van der Waals surface area (Å²) in [5.41, 5.74) is 3.52. The first-order chi connectivity index (χ1) is 8.54. The summed E-state index contributed by atoms with van der Waals surface area (Å²) in [6.45, 7) is 7.50. The number of unbranched alkanes of at least 4 members (excludes halogenated alkanes) is 1. The normalized spacial score (nSPS) is 10.2. The Morgan fingerprint density at radius 3 is 2.61 bits per heavy atom. The molecule has 0 heterocycles. The molecule has 1 amide bonds. The quantitative estimate of drug-likeness (QED) is 0.839. The molecule has 3 heteroatoms. The van der Waals surface area contributed by atoms with E-state index < -0.39 is 0 Å². The van der Waals surface area contributed by atoms with E-state index in [4.69, 9.17) is 0 Å². The number of anilines is 1. The van der Waals surface area contributed by atoms with Crippen molar-refractivity contribution < 1.29 is 4.79 Å². The van der Waals surface area contributed by atoms with Gasteiger partial charge < -0.3 is 10.2 Å². The molecule has 0 aromatic heterocycles. The van der Waals surface area contributed by atoms with Crippen molar-refractivity contribution in [3.8, 4) is 0 Å². The molecular weight excluding hydrogens is 224 g/mol. The fourth-order valence-electron chi connectivity index (χ4n) is 1.68. The number of hydrogen-bond donors (Lipinski definition) is 1. The summed E-state index contributed by atoms with van der Waals surface area (Å²) < 4.78 is 0. The summed E-state index contributed by atoms with van der Waals surface area (Å²) in [4.78, 5) is 13.6. The fraction of sp³-hybridized carbons (Fsp3) is 0.533. The van der Waals surface area contributed by atoms with E-state index in [2.05, 4.69) is 38.2 Å². The molecule has 0 bridgehead atoms. The Labute approximate surface area is 110 Å². The number of carbonyl (C=O) groups is 1. The van der Waals surface area contributed by atoms with E-state index in [1.165, 1.54) is 11.1 Å². The van der Waals surface area contributed by atoms with Gasteiger partial charge in [0.05, 0.1) is 6.54 Å². The number of benzene rings is 1. The van der Waals surface area contributed by atoms with Gasteiger partial charge in [0, 0.05) is 19.3 Å². The number of carbonyl (C=O) groups excluding carboxylic acids is 1. The van der Waals surface area contributed by atoms with Crippen LogP contribution in [0.5, 0.6) is 0 Å². The summed E-state index contributed by atoms with van der Waals surface area (Å²) in [6.07, 6.45) is 2.17. The van der Waals surface area contributed by atoms with E-state index in [0.717, 1.165) is 25.1 Å². The van der Waals surface area contributed by atoms with Crippen LogP contribution in [0.2, 0.25) is 0 Å². The monoisotopic (exact) mass is 248 g/mol. The van der Waals surface area contributed by atoms with Gasteiger partial charge in [-0.05, 0) is 43.5 Å². The molecule has 0 unspecified atom stereocenters. The highest BCUT2D eigenvalue weighted by Crippen LogP contribution is 2.13. The highest BCUT2D eigenvalue weighted by atomic mass is 16.2. The molecule has 0 aliphatic rings. The van der Waals surface area contributed by atoms with Gasteiger partial charge in [-0.15, -0.1) is 0 Å². The second kappa shape index (κ2) is 7.04. The van der Waals surface area contributed by atoms with Crippen molar-refractivity contribution >= 4 is 11.6 Å². The highest BCUT2D eigenvalue weighted by Gasteiger charge is 2.07. The lowest BCUT2D eigenvalue weighted by Crippen LogP contribution is -2.32. The average molecular weight is 248 g/mol. The van der Waals surface area contributed by atoms with Gasteiger partial charge >= 0.3 is 0 Å². The topological polar surface area (TPSA) is 32.3 Å². The van der Waals surface area contributed by atoms with Gasteiger partial charge in [-0.25, -0.2) is 0 Å². The van der Waals surface area contributed by atoms with Crippen molar-refractivity contribution in [1.29, 1.82) is 0 Å². The number of aryl methyl sites for hydroxylation is 2. The summed E-state index contributed by atoms with van der Waals surface area (Å²) in [7, 11) is 1.86. The van der Waals surface area contributed by atoms with Crippen LogP contribution in [0, 0.1) is 13.8 Å². The van der Waals surface area contributed by atoms with Crippen LogP contribution in [-0.2, 0) is 4.79 Å². The van der Waals surface area contributed by atoms with Gasteiger partial charge in [0.15, 0.2) is 0 Å². The van der Waals surface area contributed by atoms with Crippen molar-refractivity contribution in [2.75, 3.05) is 25.5 Å². The Bertz CT molecular complexity index is 401. The molecule has 18 heavy (non-hydrogen) atoms. The Kier molecular flexibility index (Phi) is 5.69. The van der Waals surface area contributed by atoms with Gasteiger partial charge in [-0.1, -0.05) is 19.4 Å². The number of rotatable bonds is 6. The van der Waals surface area contributed by atoms with E-state index in [0.29, 0.717) is 6.54 Å². The molecule has 1 N–H and O–H groups in total. The predicted molar refractivity (Wildman–Crippen MR) is 77.0 cm³/mol. The lowest BCUT2D eigenvalue weighted by atomic mass is 10.1. The first-order valence-electron chi connectivity index (χ1n) is 6.59. The number of likely N-dealkylation sites (N-methyl/N-ethyl adjacent to an activating group) is 1. The van der Waals surface area contributed by atoms with Gasteiger partial charge in [-0.2, -0.15) is 0 Å². The molecule has 0 aliphatic heterocycles. The molecule has 1 aromatic rings. The van der Waals surface area contributed by atoms with Crippen LogP contribution in [-0.4, -0.2) is 30.9 Å². The Hall–Kier alpha value is -1.51. The molecular formula is C15H24N2O.